The van der Waals surface area contributed by atoms with Crippen molar-refractivity contribution in [2.75, 3.05) is 5.32 Å². The molecule has 5 nitrogen and oxygen atoms in total. The zero-order chi connectivity index (χ0) is 14.0. The van der Waals surface area contributed by atoms with Gasteiger partial charge in [0.2, 0.25) is 0 Å². The third kappa shape index (κ3) is 2.54. The number of nitrogens with one attached hydrogen (secondary N) is 1. The van der Waals surface area contributed by atoms with Crippen molar-refractivity contribution in [2.24, 2.45) is 7.05 Å². The fourth-order valence-corrected chi connectivity index (χ4v) is 1.99. The van der Waals surface area contributed by atoms with Crippen molar-refractivity contribution in [3.63, 3.8) is 0 Å². The molecule has 19 heavy (non-hydrogen) atoms. The summed E-state index contributed by atoms with van der Waals surface area (Å²) < 4.78 is 1.67. The highest BCUT2D eigenvalue weighted by molar-refractivity contribution is 6.06. The number of hydrogen-bond donors (Lipinski definition) is 1. The van der Waals surface area contributed by atoms with E-state index in [-0.39, 0.29) is 5.91 Å². The Labute approximate surface area is 111 Å². The van der Waals surface area contributed by atoms with Gasteiger partial charge in [0.25, 0.3) is 5.91 Å². The average molecular weight is 257 g/mol. The highest BCUT2D eigenvalue weighted by Crippen LogP contribution is 2.15. The summed E-state index contributed by atoms with van der Waals surface area (Å²) >= 11 is 0. The molecule has 0 aliphatic heterocycles. The molecule has 0 unspecified atom stereocenters. The lowest BCUT2D eigenvalue weighted by atomic mass is 10.1. The second-order valence-electron chi connectivity index (χ2n) is 4.37. The third-order valence-corrected chi connectivity index (χ3v) is 3.02. The predicted octanol–water partition coefficient (Wildman–Crippen LogP) is 2.10. The Bertz CT molecular complexity index is 644. The zero-order valence-corrected chi connectivity index (χ0v) is 11.1. The van der Waals surface area contributed by atoms with Gasteiger partial charge in [0.1, 0.15) is 6.29 Å². The molecular weight excluding hydrogens is 242 g/mol. The van der Waals surface area contributed by atoms with Gasteiger partial charge in [0, 0.05) is 24.0 Å². The second-order valence-corrected chi connectivity index (χ2v) is 4.37. The lowest BCUT2D eigenvalue weighted by Gasteiger charge is -2.06. The molecule has 98 valence electrons. The number of rotatable bonds is 3. The Hall–Kier alpha value is -2.43. The topological polar surface area (TPSA) is 64.0 Å². The maximum absolute atomic E-state index is 12.2. The number of anilines is 1. The van der Waals surface area contributed by atoms with Crippen LogP contribution >= 0.6 is 0 Å². The molecule has 0 saturated carbocycles. The molecule has 1 aromatic heterocycles. The van der Waals surface area contributed by atoms with E-state index in [1.54, 1.807) is 42.9 Å². The molecule has 0 fully saturated rings. The summed E-state index contributed by atoms with van der Waals surface area (Å²) in [5, 5.41) is 6.98. The monoisotopic (exact) mass is 257 g/mol. The van der Waals surface area contributed by atoms with E-state index < -0.39 is 0 Å². The highest BCUT2D eigenvalue weighted by Gasteiger charge is 2.17. The number of nitrogens with zero attached hydrogens (tertiary/aromatic N) is 2. The standard InChI is InChI=1S/C14H15N3O2/c1-9-13(10(2)17(3)16-9)14(19)15-12-6-4-5-11(7-12)8-18/h4-8H,1-3H3,(H,15,19). The molecule has 1 N–H and O–H groups in total. The largest absolute Gasteiger partial charge is 0.322 e. The molecule has 2 aromatic rings. The van der Waals surface area contributed by atoms with Gasteiger partial charge in [-0.1, -0.05) is 12.1 Å². The van der Waals surface area contributed by atoms with E-state index in [1.807, 2.05) is 6.92 Å². The molecule has 0 radical (unpaired) electrons. The maximum Gasteiger partial charge on any atom is 0.259 e. The summed E-state index contributed by atoms with van der Waals surface area (Å²) in [7, 11) is 1.80. The van der Waals surface area contributed by atoms with Crippen LogP contribution in [0.25, 0.3) is 0 Å². The first-order chi connectivity index (χ1) is 9.02. The summed E-state index contributed by atoms with van der Waals surface area (Å²) in [4.78, 5) is 22.9. The molecule has 0 spiro atoms. The molecule has 1 heterocycles. The van der Waals surface area contributed by atoms with Crippen LogP contribution in [-0.4, -0.2) is 22.0 Å². The summed E-state index contributed by atoms with van der Waals surface area (Å²) in [5.74, 6) is -0.217. The molecule has 0 aliphatic carbocycles. The van der Waals surface area contributed by atoms with Crippen LogP contribution < -0.4 is 5.32 Å². The number of aryl methyl sites for hydroxylation is 2. The molecule has 0 bridgehead atoms. The number of amides is 1. The van der Waals surface area contributed by atoms with Crippen molar-refractivity contribution in [2.45, 2.75) is 13.8 Å². The Morgan fingerprint density at radius 2 is 2.11 bits per heavy atom. The smallest absolute Gasteiger partial charge is 0.259 e. The minimum atomic E-state index is -0.217. The van der Waals surface area contributed by atoms with Gasteiger partial charge in [-0.2, -0.15) is 5.10 Å². The third-order valence-electron chi connectivity index (χ3n) is 3.02. The number of hydrogen-bond acceptors (Lipinski definition) is 3. The Morgan fingerprint density at radius 1 is 1.37 bits per heavy atom. The average Bonchev–Trinajstić information content (AvgIpc) is 2.63. The quantitative estimate of drug-likeness (QED) is 0.856. The van der Waals surface area contributed by atoms with E-state index in [0.29, 0.717) is 22.5 Å². The van der Waals surface area contributed by atoms with Gasteiger partial charge in [-0.3, -0.25) is 14.3 Å². The molecule has 0 aliphatic rings. The number of carbonyl (C=O) groups is 2. The highest BCUT2D eigenvalue weighted by atomic mass is 16.1. The zero-order valence-electron chi connectivity index (χ0n) is 11.1. The lowest BCUT2D eigenvalue weighted by molar-refractivity contribution is 0.102. The van der Waals surface area contributed by atoms with Crippen LogP contribution in [-0.2, 0) is 7.05 Å². The first-order valence-electron chi connectivity index (χ1n) is 5.89. The first-order valence-corrected chi connectivity index (χ1v) is 5.89. The number of aldehydes is 1. The van der Waals surface area contributed by atoms with Crippen LogP contribution in [0.2, 0.25) is 0 Å². The molecular formula is C14H15N3O2. The minimum absolute atomic E-state index is 0.217. The van der Waals surface area contributed by atoms with Crippen molar-refractivity contribution in [1.29, 1.82) is 0 Å². The number of carbonyl (C=O) groups excluding carboxylic acids is 2. The van der Waals surface area contributed by atoms with Crippen LogP contribution in [0, 0.1) is 13.8 Å². The summed E-state index contributed by atoms with van der Waals surface area (Å²) in [6.45, 7) is 3.64. The van der Waals surface area contributed by atoms with Gasteiger partial charge in [0.05, 0.1) is 11.3 Å². The molecule has 2 rings (SSSR count). The van der Waals surface area contributed by atoms with Gasteiger partial charge < -0.3 is 5.32 Å². The fraction of sp³-hybridized carbons (Fsp3) is 0.214. The van der Waals surface area contributed by atoms with Crippen molar-refractivity contribution in [1.82, 2.24) is 9.78 Å². The van der Waals surface area contributed by atoms with Crippen molar-refractivity contribution in [3.8, 4) is 0 Å². The van der Waals surface area contributed by atoms with Gasteiger partial charge in [-0.15, -0.1) is 0 Å². The lowest BCUT2D eigenvalue weighted by Crippen LogP contribution is -2.14. The van der Waals surface area contributed by atoms with E-state index in [4.69, 9.17) is 0 Å². The van der Waals surface area contributed by atoms with Crippen molar-refractivity contribution < 1.29 is 9.59 Å². The normalized spacial score (nSPS) is 10.3. The SMILES string of the molecule is Cc1nn(C)c(C)c1C(=O)Nc1cccc(C=O)c1. The fourth-order valence-electron chi connectivity index (χ4n) is 1.99. The van der Waals surface area contributed by atoms with Crippen LogP contribution in [0.3, 0.4) is 0 Å². The van der Waals surface area contributed by atoms with E-state index in [9.17, 15) is 9.59 Å². The van der Waals surface area contributed by atoms with E-state index >= 15 is 0 Å². The van der Waals surface area contributed by atoms with Crippen molar-refractivity contribution in [3.05, 3.63) is 46.8 Å². The van der Waals surface area contributed by atoms with Crippen LogP contribution in [0.15, 0.2) is 24.3 Å². The molecule has 0 saturated heterocycles. The molecule has 1 aromatic carbocycles. The Balaban J connectivity index is 2.28. The van der Waals surface area contributed by atoms with Gasteiger partial charge in [-0.25, -0.2) is 0 Å². The number of benzene rings is 1. The Kier molecular flexibility index (Phi) is 3.46. The summed E-state index contributed by atoms with van der Waals surface area (Å²) in [6, 6.07) is 6.78. The van der Waals surface area contributed by atoms with Crippen LogP contribution in [0.1, 0.15) is 32.1 Å². The molecule has 5 heteroatoms. The summed E-state index contributed by atoms with van der Waals surface area (Å²) in [6.07, 6.45) is 0.746. The second kappa shape index (κ2) is 5.06. The van der Waals surface area contributed by atoms with Crippen molar-refractivity contribution >= 4 is 17.9 Å². The predicted molar refractivity (Wildman–Crippen MR) is 72.5 cm³/mol. The van der Waals surface area contributed by atoms with E-state index in [2.05, 4.69) is 10.4 Å². The van der Waals surface area contributed by atoms with Crippen LogP contribution in [0.4, 0.5) is 5.69 Å². The molecule has 0 atom stereocenters. The van der Waals surface area contributed by atoms with E-state index in [0.717, 1.165) is 12.0 Å². The van der Waals surface area contributed by atoms with Gasteiger partial charge in [0.15, 0.2) is 0 Å². The summed E-state index contributed by atoms with van der Waals surface area (Å²) in [5.41, 5.74) is 3.18. The molecule has 1 amide bonds. The van der Waals surface area contributed by atoms with E-state index in [1.165, 1.54) is 0 Å². The van der Waals surface area contributed by atoms with Gasteiger partial charge >= 0.3 is 0 Å². The minimum Gasteiger partial charge on any atom is -0.322 e. The van der Waals surface area contributed by atoms with Gasteiger partial charge in [-0.05, 0) is 26.0 Å². The Morgan fingerprint density at radius 3 is 2.68 bits per heavy atom. The number of aromatic nitrogens is 2. The van der Waals surface area contributed by atoms with Crippen LogP contribution in [0.5, 0.6) is 0 Å². The maximum atomic E-state index is 12.2. The first kappa shape index (κ1) is 13.0.